The van der Waals surface area contributed by atoms with E-state index in [4.69, 9.17) is 14.2 Å². The molecule has 92 valence electrons. The summed E-state index contributed by atoms with van der Waals surface area (Å²) in [6.45, 7) is 0.0873. The summed E-state index contributed by atoms with van der Waals surface area (Å²) in [5.41, 5.74) is 0.668. The normalized spacial score (nSPS) is 10.5. The van der Waals surface area contributed by atoms with Gasteiger partial charge in [0.1, 0.15) is 0 Å². The molecule has 1 aromatic rings. The number of methoxy groups -OCH3 is 2. The molecule has 0 bridgehead atoms. The van der Waals surface area contributed by atoms with Gasteiger partial charge in [0.25, 0.3) is 0 Å². The Kier molecular flexibility index (Phi) is 5.03. The molecule has 0 heterocycles. The summed E-state index contributed by atoms with van der Waals surface area (Å²) in [7, 11) is 3.03. The summed E-state index contributed by atoms with van der Waals surface area (Å²) in [5, 5.41) is 10.3. The van der Waals surface area contributed by atoms with Crippen LogP contribution < -0.4 is 14.6 Å². The van der Waals surface area contributed by atoms with E-state index in [-0.39, 0.29) is 6.79 Å². The molecule has 0 aliphatic carbocycles. The minimum absolute atomic E-state index is 0.0873. The fourth-order valence-corrected chi connectivity index (χ4v) is 1.20. The summed E-state index contributed by atoms with van der Waals surface area (Å²) in [6.07, 6.45) is 2.36. The van der Waals surface area contributed by atoms with Gasteiger partial charge in [0.05, 0.1) is 13.1 Å². The van der Waals surface area contributed by atoms with E-state index in [1.165, 1.54) is 20.3 Å². The predicted molar refractivity (Wildman–Crippen MR) is 59.5 cm³/mol. The third kappa shape index (κ3) is 4.16. The molecule has 0 fully saturated rings. The quantitative estimate of drug-likeness (QED) is 0.530. The zero-order valence-corrected chi connectivity index (χ0v) is 9.64. The fraction of sp³-hybridized carbons (Fsp3) is 0.250. The molecule has 0 radical (unpaired) electrons. The van der Waals surface area contributed by atoms with Crippen molar-refractivity contribution >= 4 is 12.0 Å². The standard InChI is InChI=1S/C12H14O5/c1-15-8-17-11-7-9(4-6-12(13)14)3-5-10(11)16-2/h3-7H,8H2,1-2H3,(H,13,14)/p-1/b6-4+. The van der Waals surface area contributed by atoms with Crippen LogP contribution in [0.25, 0.3) is 6.08 Å². The third-order valence-corrected chi connectivity index (χ3v) is 1.93. The number of carbonyl (C=O) groups is 1. The van der Waals surface area contributed by atoms with E-state index in [1.807, 2.05) is 0 Å². The van der Waals surface area contributed by atoms with Gasteiger partial charge in [-0.3, -0.25) is 0 Å². The summed E-state index contributed by atoms with van der Waals surface area (Å²) in [6, 6.07) is 5.04. The van der Waals surface area contributed by atoms with E-state index in [1.54, 1.807) is 18.2 Å². The van der Waals surface area contributed by atoms with Crippen LogP contribution >= 0.6 is 0 Å². The summed E-state index contributed by atoms with van der Waals surface area (Å²) >= 11 is 0. The van der Waals surface area contributed by atoms with E-state index in [2.05, 4.69) is 0 Å². The predicted octanol–water partition coefficient (Wildman–Crippen LogP) is 0.441. The highest BCUT2D eigenvalue weighted by atomic mass is 16.7. The van der Waals surface area contributed by atoms with Gasteiger partial charge in [-0.25, -0.2) is 0 Å². The first-order valence-corrected chi connectivity index (χ1v) is 4.86. The van der Waals surface area contributed by atoms with Crippen LogP contribution in [0, 0.1) is 0 Å². The maximum absolute atomic E-state index is 10.3. The molecule has 0 unspecified atom stereocenters. The number of rotatable bonds is 6. The smallest absolute Gasteiger partial charge is 0.188 e. The zero-order valence-electron chi connectivity index (χ0n) is 9.64. The van der Waals surface area contributed by atoms with Gasteiger partial charge >= 0.3 is 0 Å². The number of carboxylic acid groups (broad SMARTS) is 1. The minimum atomic E-state index is -1.25. The molecule has 5 nitrogen and oxygen atoms in total. The molecule has 0 aliphatic rings. The fourth-order valence-electron chi connectivity index (χ4n) is 1.20. The highest BCUT2D eigenvalue weighted by Gasteiger charge is 2.04. The highest BCUT2D eigenvalue weighted by Crippen LogP contribution is 2.28. The van der Waals surface area contributed by atoms with Crippen molar-refractivity contribution in [3.05, 3.63) is 29.8 Å². The molecule has 0 amide bonds. The van der Waals surface area contributed by atoms with Gasteiger partial charge in [0, 0.05) is 7.11 Å². The molecule has 0 N–H and O–H groups in total. The van der Waals surface area contributed by atoms with Gasteiger partial charge in [-0.2, -0.15) is 0 Å². The van der Waals surface area contributed by atoms with E-state index in [0.29, 0.717) is 17.1 Å². The molecule has 0 aromatic heterocycles. The zero-order chi connectivity index (χ0) is 12.7. The molecule has 0 saturated heterocycles. The lowest BCUT2D eigenvalue weighted by molar-refractivity contribution is -0.297. The molecule has 5 heteroatoms. The Labute approximate surface area is 99.2 Å². The average Bonchev–Trinajstić information content (AvgIpc) is 2.33. The Morgan fingerprint density at radius 2 is 2.12 bits per heavy atom. The molecular formula is C12H13O5-. The van der Waals surface area contributed by atoms with Crippen LogP contribution in [0.15, 0.2) is 24.3 Å². The Morgan fingerprint density at radius 1 is 1.35 bits per heavy atom. The van der Waals surface area contributed by atoms with Crippen LogP contribution in [0.3, 0.4) is 0 Å². The largest absolute Gasteiger partial charge is 0.545 e. The van der Waals surface area contributed by atoms with Gasteiger partial charge in [-0.05, 0) is 23.8 Å². The first-order valence-electron chi connectivity index (χ1n) is 4.86. The maximum Gasteiger partial charge on any atom is 0.188 e. The number of carboxylic acids is 1. The lowest BCUT2D eigenvalue weighted by Gasteiger charge is -2.10. The number of hydrogen-bond acceptors (Lipinski definition) is 5. The number of aliphatic carboxylic acids is 1. The van der Waals surface area contributed by atoms with Crippen molar-refractivity contribution in [1.82, 2.24) is 0 Å². The second-order valence-electron chi connectivity index (χ2n) is 3.11. The molecule has 0 saturated carbocycles. The van der Waals surface area contributed by atoms with Crippen molar-refractivity contribution in [1.29, 1.82) is 0 Å². The van der Waals surface area contributed by atoms with E-state index >= 15 is 0 Å². The van der Waals surface area contributed by atoms with Crippen LogP contribution in [0.1, 0.15) is 5.56 Å². The van der Waals surface area contributed by atoms with Crippen molar-refractivity contribution in [3.8, 4) is 11.5 Å². The van der Waals surface area contributed by atoms with Crippen LogP contribution in [-0.2, 0) is 9.53 Å². The van der Waals surface area contributed by atoms with Crippen molar-refractivity contribution in [2.24, 2.45) is 0 Å². The van der Waals surface area contributed by atoms with Crippen LogP contribution in [0.4, 0.5) is 0 Å². The van der Waals surface area contributed by atoms with Gasteiger partial charge in [-0.1, -0.05) is 12.1 Å². The summed E-state index contributed by atoms with van der Waals surface area (Å²) in [5.74, 6) is -0.220. The Hall–Kier alpha value is -2.01. The third-order valence-electron chi connectivity index (χ3n) is 1.93. The molecule has 0 atom stereocenters. The van der Waals surface area contributed by atoms with Crippen molar-refractivity contribution in [2.45, 2.75) is 0 Å². The Balaban J connectivity index is 2.91. The highest BCUT2D eigenvalue weighted by molar-refractivity contribution is 5.83. The lowest BCUT2D eigenvalue weighted by atomic mass is 10.2. The van der Waals surface area contributed by atoms with Crippen LogP contribution in [-0.4, -0.2) is 27.0 Å². The second kappa shape index (κ2) is 6.55. The monoisotopic (exact) mass is 237 g/mol. The molecule has 1 aromatic carbocycles. The number of carbonyl (C=O) groups excluding carboxylic acids is 1. The van der Waals surface area contributed by atoms with Gasteiger partial charge in [0.15, 0.2) is 18.3 Å². The number of ether oxygens (including phenoxy) is 3. The minimum Gasteiger partial charge on any atom is -0.545 e. The van der Waals surface area contributed by atoms with E-state index < -0.39 is 5.97 Å². The summed E-state index contributed by atoms with van der Waals surface area (Å²) in [4.78, 5) is 10.3. The summed E-state index contributed by atoms with van der Waals surface area (Å²) < 4.78 is 15.2. The lowest BCUT2D eigenvalue weighted by Crippen LogP contribution is -2.18. The molecule has 0 aliphatic heterocycles. The SMILES string of the molecule is COCOc1cc(/C=C/C(=O)[O-])ccc1OC. The van der Waals surface area contributed by atoms with Crippen molar-refractivity contribution in [3.63, 3.8) is 0 Å². The van der Waals surface area contributed by atoms with Crippen LogP contribution in [0.2, 0.25) is 0 Å². The molecule has 1 rings (SSSR count). The van der Waals surface area contributed by atoms with Crippen LogP contribution in [0.5, 0.6) is 11.5 Å². The first-order chi connectivity index (χ1) is 8.17. The van der Waals surface area contributed by atoms with Gasteiger partial charge in [0.2, 0.25) is 0 Å². The van der Waals surface area contributed by atoms with Gasteiger partial charge < -0.3 is 24.1 Å². The van der Waals surface area contributed by atoms with Gasteiger partial charge in [-0.15, -0.1) is 0 Å². The molecular weight excluding hydrogens is 224 g/mol. The Bertz CT molecular complexity index is 411. The molecule has 17 heavy (non-hydrogen) atoms. The second-order valence-corrected chi connectivity index (χ2v) is 3.11. The van der Waals surface area contributed by atoms with Crippen molar-refractivity contribution in [2.75, 3.05) is 21.0 Å². The first kappa shape index (κ1) is 13.1. The van der Waals surface area contributed by atoms with E-state index in [0.717, 1.165) is 6.08 Å². The Morgan fingerprint density at radius 3 is 2.71 bits per heavy atom. The van der Waals surface area contributed by atoms with Crippen molar-refractivity contribution < 1.29 is 24.1 Å². The number of benzene rings is 1. The maximum atomic E-state index is 10.3. The molecule has 0 spiro atoms. The average molecular weight is 237 g/mol. The number of hydrogen-bond donors (Lipinski definition) is 0. The topological polar surface area (TPSA) is 67.8 Å². The van der Waals surface area contributed by atoms with E-state index in [9.17, 15) is 9.90 Å².